The van der Waals surface area contributed by atoms with E-state index in [1.54, 1.807) is 19.4 Å². The first-order valence-corrected chi connectivity index (χ1v) is 4.65. The van der Waals surface area contributed by atoms with Crippen LogP contribution in [0.5, 0.6) is 11.6 Å². The van der Waals surface area contributed by atoms with Crippen molar-refractivity contribution >= 4 is 0 Å². The van der Waals surface area contributed by atoms with Gasteiger partial charge in [-0.25, -0.2) is 4.98 Å². The zero-order chi connectivity index (χ0) is 11.3. The zero-order valence-electron chi connectivity index (χ0n) is 8.93. The van der Waals surface area contributed by atoms with Crippen LogP contribution in [0.2, 0.25) is 0 Å². The molecule has 0 fully saturated rings. The second kappa shape index (κ2) is 5.53. The fraction of sp³-hybridized carbons (Fsp3) is 0.500. The van der Waals surface area contributed by atoms with Gasteiger partial charge in [0, 0.05) is 12.2 Å². The van der Waals surface area contributed by atoms with Crippen LogP contribution in [-0.2, 0) is 6.42 Å². The van der Waals surface area contributed by atoms with E-state index in [9.17, 15) is 0 Å². The lowest BCUT2D eigenvalue weighted by Gasteiger charge is -2.14. The van der Waals surface area contributed by atoms with Gasteiger partial charge in [-0.2, -0.15) is 0 Å². The molecule has 3 N–H and O–H groups in total. The third kappa shape index (κ3) is 2.81. The average molecular weight is 212 g/mol. The van der Waals surface area contributed by atoms with Gasteiger partial charge in [0.15, 0.2) is 0 Å². The highest BCUT2D eigenvalue weighted by molar-refractivity contribution is 5.40. The van der Waals surface area contributed by atoms with Crippen LogP contribution in [-0.4, -0.2) is 37.0 Å². The number of hydrogen-bond donors (Lipinski definition) is 2. The first kappa shape index (κ1) is 11.7. The molecule has 1 unspecified atom stereocenters. The summed E-state index contributed by atoms with van der Waals surface area (Å²) < 4.78 is 10.3. The Bertz CT molecular complexity index is 295. The molecule has 5 heteroatoms. The van der Waals surface area contributed by atoms with E-state index in [0.717, 1.165) is 5.56 Å². The van der Waals surface area contributed by atoms with Crippen LogP contribution < -0.4 is 15.2 Å². The first-order chi connectivity index (χ1) is 7.22. The summed E-state index contributed by atoms with van der Waals surface area (Å²) in [7, 11) is 3.11. The Balaban J connectivity index is 2.99. The van der Waals surface area contributed by atoms with Crippen LogP contribution in [0.25, 0.3) is 0 Å². The zero-order valence-corrected chi connectivity index (χ0v) is 8.93. The van der Waals surface area contributed by atoms with Crippen molar-refractivity contribution in [3.8, 4) is 11.6 Å². The molecule has 84 valence electrons. The smallest absolute Gasteiger partial charge is 0.220 e. The summed E-state index contributed by atoms with van der Waals surface area (Å²) >= 11 is 0. The normalized spacial score (nSPS) is 12.3. The first-order valence-electron chi connectivity index (χ1n) is 4.65. The highest BCUT2D eigenvalue weighted by atomic mass is 16.5. The molecule has 0 aromatic carbocycles. The summed E-state index contributed by atoms with van der Waals surface area (Å²) in [6, 6.07) is 1.40. The van der Waals surface area contributed by atoms with Crippen LogP contribution in [0.4, 0.5) is 0 Å². The van der Waals surface area contributed by atoms with E-state index in [0.29, 0.717) is 18.1 Å². The Morgan fingerprint density at radius 1 is 1.47 bits per heavy atom. The molecule has 1 aromatic rings. The van der Waals surface area contributed by atoms with Crippen molar-refractivity contribution in [3.63, 3.8) is 0 Å². The lowest BCUT2D eigenvalue weighted by molar-refractivity contribution is 0.262. The van der Waals surface area contributed by atoms with Crippen molar-refractivity contribution in [2.45, 2.75) is 12.5 Å². The fourth-order valence-corrected chi connectivity index (χ4v) is 1.34. The van der Waals surface area contributed by atoms with Crippen LogP contribution in [0.1, 0.15) is 5.56 Å². The minimum absolute atomic E-state index is 0.0821. The summed E-state index contributed by atoms with van der Waals surface area (Å²) in [6.07, 6.45) is 2.07. The van der Waals surface area contributed by atoms with E-state index in [4.69, 9.17) is 20.3 Å². The summed E-state index contributed by atoms with van der Waals surface area (Å²) in [4.78, 5) is 4.05. The van der Waals surface area contributed by atoms with Crippen molar-refractivity contribution in [2.75, 3.05) is 20.8 Å². The Labute approximate surface area is 88.8 Å². The predicted octanol–water partition coefficient (Wildman–Crippen LogP) is -0.0391. The topological polar surface area (TPSA) is 77.6 Å². The van der Waals surface area contributed by atoms with Gasteiger partial charge >= 0.3 is 0 Å². The summed E-state index contributed by atoms with van der Waals surface area (Å²) in [5, 5.41) is 8.90. The Morgan fingerprint density at radius 2 is 2.20 bits per heavy atom. The standard InChI is InChI=1S/C10H16N2O3/c1-14-9-3-4-12-10(15-2)8(9)5-7(11)6-13/h3-4,7,13H,5-6,11H2,1-2H3. The Morgan fingerprint density at radius 3 is 2.73 bits per heavy atom. The van der Waals surface area contributed by atoms with Gasteiger partial charge in [0.25, 0.3) is 0 Å². The monoisotopic (exact) mass is 212 g/mol. The number of aliphatic hydroxyl groups is 1. The van der Waals surface area contributed by atoms with Gasteiger partial charge in [-0.3, -0.25) is 0 Å². The highest BCUT2D eigenvalue weighted by Gasteiger charge is 2.14. The molecular weight excluding hydrogens is 196 g/mol. The van der Waals surface area contributed by atoms with Crippen LogP contribution in [0.15, 0.2) is 12.3 Å². The molecule has 0 radical (unpaired) electrons. The molecule has 0 amide bonds. The second-order valence-corrected chi connectivity index (χ2v) is 3.15. The highest BCUT2D eigenvalue weighted by Crippen LogP contribution is 2.26. The molecule has 0 aliphatic rings. The van der Waals surface area contributed by atoms with Gasteiger partial charge in [-0.15, -0.1) is 0 Å². The van der Waals surface area contributed by atoms with Gasteiger partial charge in [-0.05, 0) is 12.5 Å². The SMILES string of the molecule is COc1ccnc(OC)c1CC(N)CO. The molecule has 15 heavy (non-hydrogen) atoms. The maximum Gasteiger partial charge on any atom is 0.220 e. The van der Waals surface area contributed by atoms with E-state index in [-0.39, 0.29) is 12.6 Å². The molecular formula is C10H16N2O3. The van der Waals surface area contributed by atoms with Gasteiger partial charge in [0.1, 0.15) is 5.75 Å². The third-order valence-corrected chi connectivity index (χ3v) is 2.09. The van der Waals surface area contributed by atoms with Crippen molar-refractivity contribution < 1.29 is 14.6 Å². The van der Waals surface area contributed by atoms with E-state index >= 15 is 0 Å². The number of aliphatic hydroxyl groups excluding tert-OH is 1. The molecule has 0 spiro atoms. The molecule has 1 heterocycles. The molecule has 1 atom stereocenters. The van der Waals surface area contributed by atoms with Crippen LogP contribution in [0, 0.1) is 0 Å². The minimum Gasteiger partial charge on any atom is -0.496 e. The largest absolute Gasteiger partial charge is 0.496 e. The quantitative estimate of drug-likeness (QED) is 0.716. The molecule has 5 nitrogen and oxygen atoms in total. The van der Waals surface area contributed by atoms with Crippen molar-refractivity contribution in [1.29, 1.82) is 0 Å². The summed E-state index contributed by atoms with van der Waals surface area (Å²) in [5.74, 6) is 1.16. The maximum atomic E-state index is 8.90. The number of hydrogen-bond acceptors (Lipinski definition) is 5. The molecule has 0 aliphatic heterocycles. The van der Waals surface area contributed by atoms with Gasteiger partial charge < -0.3 is 20.3 Å². The van der Waals surface area contributed by atoms with Crippen LogP contribution >= 0.6 is 0 Å². The molecule has 0 bridgehead atoms. The molecule has 1 rings (SSSR count). The van der Waals surface area contributed by atoms with Crippen LogP contribution in [0.3, 0.4) is 0 Å². The number of ether oxygens (including phenoxy) is 2. The lowest BCUT2D eigenvalue weighted by atomic mass is 10.1. The van der Waals surface area contributed by atoms with Gasteiger partial charge in [0.05, 0.1) is 26.4 Å². The van der Waals surface area contributed by atoms with Gasteiger partial charge in [0.2, 0.25) is 5.88 Å². The number of aromatic nitrogens is 1. The number of methoxy groups -OCH3 is 2. The number of rotatable bonds is 5. The van der Waals surface area contributed by atoms with E-state index in [2.05, 4.69) is 4.98 Å². The lowest BCUT2D eigenvalue weighted by Crippen LogP contribution is -2.27. The molecule has 0 saturated carbocycles. The van der Waals surface area contributed by atoms with Gasteiger partial charge in [-0.1, -0.05) is 0 Å². The third-order valence-electron chi connectivity index (χ3n) is 2.09. The average Bonchev–Trinajstić information content (AvgIpc) is 2.29. The molecule has 0 aliphatic carbocycles. The van der Waals surface area contributed by atoms with E-state index in [1.165, 1.54) is 7.11 Å². The molecule has 1 aromatic heterocycles. The summed E-state index contributed by atoms with van der Waals surface area (Å²) in [6.45, 7) is -0.0821. The second-order valence-electron chi connectivity index (χ2n) is 3.15. The Hall–Kier alpha value is -1.33. The minimum atomic E-state index is -0.336. The fourth-order valence-electron chi connectivity index (χ4n) is 1.34. The van der Waals surface area contributed by atoms with E-state index < -0.39 is 0 Å². The van der Waals surface area contributed by atoms with Crippen molar-refractivity contribution in [3.05, 3.63) is 17.8 Å². The number of nitrogens with zero attached hydrogens (tertiary/aromatic N) is 1. The predicted molar refractivity (Wildman–Crippen MR) is 56.1 cm³/mol. The molecule has 0 saturated heterocycles. The Kier molecular flexibility index (Phi) is 4.33. The van der Waals surface area contributed by atoms with E-state index in [1.807, 2.05) is 0 Å². The summed E-state index contributed by atoms with van der Waals surface area (Å²) in [5.41, 5.74) is 6.44. The number of nitrogens with two attached hydrogens (primary N) is 1. The van der Waals surface area contributed by atoms with Crippen molar-refractivity contribution in [2.24, 2.45) is 5.73 Å². The van der Waals surface area contributed by atoms with Crippen molar-refractivity contribution in [1.82, 2.24) is 4.98 Å². The maximum absolute atomic E-state index is 8.90. The number of pyridine rings is 1.